The van der Waals surface area contributed by atoms with Crippen molar-refractivity contribution in [2.45, 2.75) is 20.0 Å². The molecule has 2 nitrogen and oxygen atoms in total. The lowest BCUT2D eigenvalue weighted by molar-refractivity contribution is 0.723. The Kier molecular flexibility index (Phi) is 6.09. The summed E-state index contributed by atoms with van der Waals surface area (Å²) in [5.74, 6) is 0. The van der Waals surface area contributed by atoms with E-state index in [9.17, 15) is 0 Å². The number of benzene rings is 2. The molecule has 21 heavy (non-hydrogen) atoms. The first kappa shape index (κ1) is 16.3. The van der Waals surface area contributed by atoms with Crippen LogP contribution in [0.15, 0.2) is 46.9 Å². The van der Waals surface area contributed by atoms with Crippen molar-refractivity contribution in [3.63, 3.8) is 0 Å². The molecule has 112 valence electrons. The average molecular weight is 368 g/mol. The third-order valence-electron chi connectivity index (χ3n) is 3.39. The molecule has 1 N–H and O–H groups in total. The Hall–Kier alpha value is -1.03. The summed E-state index contributed by atoms with van der Waals surface area (Å²) in [5.41, 5.74) is 3.64. The van der Waals surface area contributed by atoms with Gasteiger partial charge in [-0.1, -0.05) is 58.7 Å². The summed E-state index contributed by atoms with van der Waals surface area (Å²) < 4.78 is 1.09. The van der Waals surface area contributed by atoms with E-state index in [1.165, 1.54) is 11.3 Å². The van der Waals surface area contributed by atoms with Crippen LogP contribution in [0.3, 0.4) is 0 Å². The zero-order valence-electron chi connectivity index (χ0n) is 12.4. The van der Waals surface area contributed by atoms with Crippen LogP contribution in [0.1, 0.15) is 18.1 Å². The highest BCUT2D eigenvalue weighted by Gasteiger charge is 2.10. The second-order valence-electron chi connectivity index (χ2n) is 5.00. The molecule has 0 unspecified atom stereocenters. The summed E-state index contributed by atoms with van der Waals surface area (Å²) in [4.78, 5) is 2.23. The van der Waals surface area contributed by atoms with Gasteiger partial charge in [-0.05, 0) is 35.9 Å². The molecular formula is C17H20BrClN2. The van der Waals surface area contributed by atoms with Crippen LogP contribution in [0.4, 0.5) is 5.69 Å². The zero-order chi connectivity index (χ0) is 15.2. The molecule has 2 aromatic rings. The number of anilines is 1. The lowest BCUT2D eigenvalue weighted by Gasteiger charge is -2.23. The van der Waals surface area contributed by atoms with Gasteiger partial charge in [0.1, 0.15) is 0 Å². The van der Waals surface area contributed by atoms with Gasteiger partial charge in [-0.25, -0.2) is 0 Å². The Balaban J connectivity index is 2.23. The number of nitrogens with zero attached hydrogens (tertiary/aromatic N) is 1. The number of halogens is 2. The molecular weight excluding hydrogens is 348 g/mol. The molecule has 0 atom stereocenters. The highest BCUT2D eigenvalue weighted by molar-refractivity contribution is 9.10. The number of hydrogen-bond donors (Lipinski definition) is 1. The van der Waals surface area contributed by atoms with Crippen molar-refractivity contribution in [3.05, 3.63) is 63.1 Å². The fourth-order valence-electron chi connectivity index (χ4n) is 2.27. The molecule has 0 saturated carbocycles. The third kappa shape index (κ3) is 4.47. The number of hydrogen-bond acceptors (Lipinski definition) is 2. The minimum atomic E-state index is 0.787. The van der Waals surface area contributed by atoms with Crippen LogP contribution < -0.4 is 10.2 Å². The number of nitrogens with one attached hydrogen (secondary N) is 1. The van der Waals surface area contributed by atoms with Crippen LogP contribution in [-0.4, -0.2) is 13.6 Å². The summed E-state index contributed by atoms with van der Waals surface area (Å²) in [7, 11) is 2.10. The van der Waals surface area contributed by atoms with E-state index in [0.29, 0.717) is 0 Å². The molecule has 2 aromatic carbocycles. The minimum Gasteiger partial charge on any atom is -0.370 e. The van der Waals surface area contributed by atoms with Gasteiger partial charge in [-0.15, -0.1) is 0 Å². The molecule has 0 spiro atoms. The smallest absolute Gasteiger partial charge is 0.0455 e. The number of rotatable bonds is 6. The van der Waals surface area contributed by atoms with Crippen molar-refractivity contribution in [1.29, 1.82) is 0 Å². The van der Waals surface area contributed by atoms with Gasteiger partial charge in [0.2, 0.25) is 0 Å². The second-order valence-corrected chi connectivity index (χ2v) is 6.32. The van der Waals surface area contributed by atoms with Gasteiger partial charge in [0.25, 0.3) is 0 Å². The van der Waals surface area contributed by atoms with Gasteiger partial charge in [-0.3, -0.25) is 0 Å². The molecule has 2 rings (SSSR count). The molecule has 0 heterocycles. The largest absolute Gasteiger partial charge is 0.370 e. The lowest BCUT2D eigenvalue weighted by atomic mass is 10.1. The van der Waals surface area contributed by atoms with Crippen LogP contribution >= 0.6 is 27.5 Å². The van der Waals surface area contributed by atoms with E-state index >= 15 is 0 Å². The maximum Gasteiger partial charge on any atom is 0.0455 e. The van der Waals surface area contributed by atoms with Gasteiger partial charge in [-0.2, -0.15) is 0 Å². The molecule has 0 radical (unpaired) electrons. The van der Waals surface area contributed by atoms with Gasteiger partial charge in [0.05, 0.1) is 0 Å². The van der Waals surface area contributed by atoms with E-state index in [1.54, 1.807) is 0 Å². The minimum absolute atomic E-state index is 0.787. The zero-order valence-corrected chi connectivity index (χ0v) is 14.7. The standard InChI is InChI=1S/C17H20BrClN2/c1-3-20-11-13-8-9-15(18)10-17(13)21(2)12-14-6-4-5-7-16(14)19/h4-10,20H,3,11-12H2,1-2H3. The van der Waals surface area contributed by atoms with Crippen molar-refractivity contribution >= 4 is 33.2 Å². The fourth-order valence-corrected chi connectivity index (χ4v) is 2.81. The average Bonchev–Trinajstić information content (AvgIpc) is 2.48. The van der Waals surface area contributed by atoms with Crippen LogP contribution in [0, 0.1) is 0 Å². The predicted molar refractivity (Wildman–Crippen MR) is 95.1 cm³/mol. The monoisotopic (exact) mass is 366 g/mol. The SMILES string of the molecule is CCNCc1ccc(Br)cc1N(C)Cc1ccccc1Cl. The normalized spacial score (nSPS) is 10.7. The van der Waals surface area contributed by atoms with E-state index in [2.05, 4.69) is 64.4 Å². The molecule has 0 aliphatic carbocycles. The van der Waals surface area contributed by atoms with Crippen molar-refractivity contribution in [1.82, 2.24) is 5.32 Å². The predicted octanol–water partition coefficient (Wildman–Crippen LogP) is 4.85. The Morgan fingerprint density at radius 1 is 1.14 bits per heavy atom. The second kappa shape index (κ2) is 7.83. The highest BCUT2D eigenvalue weighted by Crippen LogP contribution is 2.27. The van der Waals surface area contributed by atoms with Gasteiger partial charge < -0.3 is 10.2 Å². The lowest BCUT2D eigenvalue weighted by Crippen LogP contribution is -2.20. The molecule has 0 amide bonds. The highest BCUT2D eigenvalue weighted by atomic mass is 79.9. The molecule has 0 saturated heterocycles. The summed E-state index contributed by atoms with van der Waals surface area (Å²) in [6, 6.07) is 14.4. The maximum absolute atomic E-state index is 6.26. The quantitative estimate of drug-likeness (QED) is 0.785. The van der Waals surface area contributed by atoms with Crippen molar-refractivity contribution < 1.29 is 0 Å². The van der Waals surface area contributed by atoms with Crippen molar-refractivity contribution in [2.24, 2.45) is 0 Å². The molecule has 0 aliphatic rings. The van der Waals surface area contributed by atoms with Crippen LogP contribution in [-0.2, 0) is 13.1 Å². The van der Waals surface area contributed by atoms with E-state index in [4.69, 9.17) is 11.6 Å². The molecule has 0 aromatic heterocycles. The first-order chi connectivity index (χ1) is 10.1. The molecule has 0 fully saturated rings. The van der Waals surface area contributed by atoms with Crippen LogP contribution in [0.5, 0.6) is 0 Å². The Morgan fingerprint density at radius 2 is 1.90 bits per heavy atom. The van der Waals surface area contributed by atoms with Gasteiger partial charge in [0, 0.05) is 35.3 Å². The summed E-state index contributed by atoms with van der Waals surface area (Å²) >= 11 is 9.82. The molecule has 0 bridgehead atoms. The van der Waals surface area contributed by atoms with Crippen molar-refractivity contribution in [2.75, 3.05) is 18.5 Å². The molecule has 4 heteroatoms. The topological polar surface area (TPSA) is 15.3 Å². The Morgan fingerprint density at radius 3 is 2.62 bits per heavy atom. The Labute approximate surface area is 140 Å². The van der Waals surface area contributed by atoms with E-state index in [-0.39, 0.29) is 0 Å². The first-order valence-electron chi connectivity index (χ1n) is 7.05. The van der Waals surface area contributed by atoms with Gasteiger partial charge >= 0.3 is 0 Å². The fraction of sp³-hybridized carbons (Fsp3) is 0.294. The Bertz CT molecular complexity index is 601. The van der Waals surface area contributed by atoms with E-state index < -0.39 is 0 Å². The summed E-state index contributed by atoms with van der Waals surface area (Å²) in [6.45, 7) is 4.73. The third-order valence-corrected chi connectivity index (χ3v) is 4.25. The summed E-state index contributed by atoms with van der Waals surface area (Å²) in [6.07, 6.45) is 0. The van der Waals surface area contributed by atoms with Crippen LogP contribution in [0.2, 0.25) is 5.02 Å². The molecule has 0 aliphatic heterocycles. The summed E-state index contributed by atoms with van der Waals surface area (Å²) in [5, 5.41) is 4.20. The van der Waals surface area contributed by atoms with E-state index in [0.717, 1.165) is 34.7 Å². The van der Waals surface area contributed by atoms with E-state index in [1.807, 2.05) is 18.2 Å². The van der Waals surface area contributed by atoms with Gasteiger partial charge in [0.15, 0.2) is 0 Å². The maximum atomic E-state index is 6.26. The van der Waals surface area contributed by atoms with Crippen LogP contribution in [0.25, 0.3) is 0 Å². The first-order valence-corrected chi connectivity index (χ1v) is 8.22. The van der Waals surface area contributed by atoms with Crippen molar-refractivity contribution in [3.8, 4) is 0 Å².